The molecule has 0 saturated carbocycles. The Morgan fingerprint density at radius 2 is 1.70 bits per heavy atom. The van der Waals surface area contributed by atoms with Crippen LogP contribution in [0.5, 0.6) is 0 Å². The monoisotopic (exact) mass is 280 g/mol. The molecule has 0 aliphatic carbocycles. The number of allylic oxidation sites excluding steroid dienone is 3. The molecule has 0 heterocycles. The van der Waals surface area contributed by atoms with E-state index in [4.69, 9.17) is 9.47 Å². The van der Waals surface area contributed by atoms with Gasteiger partial charge in [0.15, 0.2) is 0 Å². The zero-order valence-electron chi connectivity index (χ0n) is 12.8. The Kier molecular flexibility index (Phi) is 9.09. The average Bonchev–Trinajstić information content (AvgIpc) is 2.34. The zero-order chi connectivity index (χ0) is 15.5. The van der Waals surface area contributed by atoms with Gasteiger partial charge >= 0.3 is 11.9 Å². The molecular weight excluding hydrogens is 256 g/mol. The summed E-state index contributed by atoms with van der Waals surface area (Å²) >= 11 is 0. The fraction of sp³-hybridized carbons (Fsp3) is 0.500. The van der Waals surface area contributed by atoms with Crippen molar-refractivity contribution < 1.29 is 19.1 Å². The quantitative estimate of drug-likeness (QED) is 0.389. The van der Waals surface area contributed by atoms with Crippen molar-refractivity contribution in [3.05, 3.63) is 35.5 Å². The molecule has 0 saturated heterocycles. The first kappa shape index (κ1) is 18.2. The topological polar surface area (TPSA) is 52.6 Å². The van der Waals surface area contributed by atoms with Crippen LogP contribution in [0.15, 0.2) is 35.5 Å². The summed E-state index contributed by atoms with van der Waals surface area (Å²) in [5.41, 5.74) is 2.33. The molecule has 0 bridgehead atoms. The molecular formula is C16H24O4. The highest BCUT2D eigenvalue weighted by Crippen LogP contribution is 2.15. The van der Waals surface area contributed by atoms with Crippen LogP contribution in [-0.2, 0) is 19.1 Å². The van der Waals surface area contributed by atoms with Gasteiger partial charge < -0.3 is 9.47 Å². The Labute approximate surface area is 121 Å². The Bertz CT molecular complexity index is 412. The van der Waals surface area contributed by atoms with Gasteiger partial charge in [-0.3, -0.25) is 4.79 Å². The second kappa shape index (κ2) is 10.0. The first-order chi connectivity index (χ1) is 9.40. The Balaban J connectivity index is 4.85. The van der Waals surface area contributed by atoms with Crippen molar-refractivity contribution in [3.8, 4) is 0 Å². The summed E-state index contributed by atoms with van der Waals surface area (Å²) < 4.78 is 9.81. The third-order valence-electron chi connectivity index (χ3n) is 2.27. The van der Waals surface area contributed by atoms with Gasteiger partial charge in [-0.2, -0.15) is 0 Å². The molecule has 0 atom stereocenters. The minimum Gasteiger partial charge on any atom is -0.466 e. The van der Waals surface area contributed by atoms with Crippen molar-refractivity contribution in [2.75, 3.05) is 13.2 Å². The second-order valence-electron chi connectivity index (χ2n) is 4.52. The van der Waals surface area contributed by atoms with Crippen molar-refractivity contribution in [3.63, 3.8) is 0 Å². The first-order valence-electron chi connectivity index (χ1n) is 6.75. The number of hydrogen-bond donors (Lipinski definition) is 0. The van der Waals surface area contributed by atoms with Gasteiger partial charge in [-0.1, -0.05) is 29.9 Å². The van der Waals surface area contributed by atoms with E-state index in [1.165, 1.54) is 0 Å². The maximum Gasteiger partial charge on any atom is 0.334 e. The van der Waals surface area contributed by atoms with Crippen LogP contribution in [0.2, 0.25) is 0 Å². The molecule has 4 heteroatoms. The van der Waals surface area contributed by atoms with Gasteiger partial charge in [0.25, 0.3) is 0 Å². The Morgan fingerprint density at radius 1 is 1.10 bits per heavy atom. The highest BCUT2D eigenvalue weighted by atomic mass is 16.5. The smallest absolute Gasteiger partial charge is 0.334 e. The van der Waals surface area contributed by atoms with Crippen molar-refractivity contribution >= 4 is 11.9 Å². The lowest BCUT2D eigenvalue weighted by molar-refractivity contribution is -0.142. The van der Waals surface area contributed by atoms with E-state index in [0.29, 0.717) is 25.2 Å². The largest absolute Gasteiger partial charge is 0.466 e. The first-order valence-corrected chi connectivity index (χ1v) is 6.75. The lowest BCUT2D eigenvalue weighted by atomic mass is 10.0. The molecule has 0 N–H and O–H groups in total. The number of ether oxygens (including phenoxy) is 2. The summed E-state index contributed by atoms with van der Waals surface area (Å²) in [6.45, 7) is 11.9. The predicted molar refractivity (Wildman–Crippen MR) is 79.2 cm³/mol. The van der Waals surface area contributed by atoms with E-state index in [9.17, 15) is 9.59 Å². The minimum absolute atomic E-state index is 0.0596. The summed E-state index contributed by atoms with van der Waals surface area (Å²) in [5, 5.41) is 0. The molecule has 0 aliphatic heterocycles. The SMILES string of the molecule is C=C(C=C(C)C)C/C(=C\CC(=O)OCC)C(=O)OCC. The summed E-state index contributed by atoms with van der Waals surface area (Å²) in [7, 11) is 0. The van der Waals surface area contributed by atoms with Gasteiger partial charge in [-0.05, 0) is 27.7 Å². The lowest BCUT2D eigenvalue weighted by Gasteiger charge is -2.08. The van der Waals surface area contributed by atoms with Crippen LogP contribution in [0.3, 0.4) is 0 Å². The second-order valence-corrected chi connectivity index (χ2v) is 4.52. The lowest BCUT2D eigenvalue weighted by Crippen LogP contribution is -2.10. The van der Waals surface area contributed by atoms with E-state index in [0.717, 1.165) is 11.1 Å². The van der Waals surface area contributed by atoms with Crippen molar-refractivity contribution in [1.29, 1.82) is 0 Å². The van der Waals surface area contributed by atoms with E-state index in [1.807, 2.05) is 19.9 Å². The Morgan fingerprint density at radius 3 is 2.20 bits per heavy atom. The minimum atomic E-state index is -0.417. The molecule has 0 spiro atoms. The maximum absolute atomic E-state index is 11.8. The summed E-state index contributed by atoms with van der Waals surface area (Å²) in [6.07, 6.45) is 3.88. The van der Waals surface area contributed by atoms with Crippen LogP contribution in [0, 0.1) is 0 Å². The number of carbonyl (C=O) groups is 2. The van der Waals surface area contributed by atoms with E-state index in [2.05, 4.69) is 6.58 Å². The molecule has 0 aromatic carbocycles. The van der Waals surface area contributed by atoms with Crippen LogP contribution in [0.1, 0.15) is 40.5 Å². The van der Waals surface area contributed by atoms with Gasteiger partial charge in [0.05, 0.1) is 19.6 Å². The predicted octanol–water partition coefficient (Wildman–Crippen LogP) is 3.34. The molecule has 0 rings (SSSR count). The molecule has 0 aromatic heterocycles. The van der Waals surface area contributed by atoms with E-state index < -0.39 is 5.97 Å². The van der Waals surface area contributed by atoms with Crippen LogP contribution in [0.4, 0.5) is 0 Å². The number of hydrogen-bond acceptors (Lipinski definition) is 4. The number of rotatable bonds is 8. The third-order valence-corrected chi connectivity index (χ3v) is 2.27. The van der Waals surface area contributed by atoms with Crippen molar-refractivity contribution in [2.24, 2.45) is 0 Å². The number of carbonyl (C=O) groups excluding carboxylic acids is 2. The zero-order valence-corrected chi connectivity index (χ0v) is 12.8. The van der Waals surface area contributed by atoms with Gasteiger partial charge in [0, 0.05) is 12.0 Å². The molecule has 0 unspecified atom stereocenters. The highest BCUT2D eigenvalue weighted by molar-refractivity contribution is 5.90. The maximum atomic E-state index is 11.8. The standard InChI is InChI=1S/C16H24O4/c1-6-19-15(17)9-8-14(16(18)20-7-2)11-13(5)10-12(3)4/h8,10H,5-7,9,11H2,1-4H3/b14-8+. The molecule has 20 heavy (non-hydrogen) atoms. The fourth-order valence-electron chi connectivity index (χ4n) is 1.58. The van der Waals surface area contributed by atoms with Gasteiger partial charge in [-0.15, -0.1) is 0 Å². The third kappa shape index (κ3) is 8.29. The fourth-order valence-corrected chi connectivity index (χ4v) is 1.58. The molecule has 0 aliphatic rings. The van der Waals surface area contributed by atoms with Crippen LogP contribution in [0.25, 0.3) is 0 Å². The summed E-state index contributed by atoms with van der Waals surface area (Å²) in [6, 6.07) is 0. The summed E-state index contributed by atoms with van der Waals surface area (Å²) in [4.78, 5) is 23.2. The highest BCUT2D eigenvalue weighted by Gasteiger charge is 2.12. The van der Waals surface area contributed by atoms with Crippen LogP contribution in [-0.4, -0.2) is 25.2 Å². The molecule has 0 amide bonds. The van der Waals surface area contributed by atoms with Crippen LogP contribution >= 0.6 is 0 Å². The van der Waals surface area contributed by atoms with E-state index >= 15 is 0 Å². The van der Waals surface area contributed by atoms with Gasteiger partial charge in [0.1, 0.15) is 0 Å². The van der Waals surface area contributed by atoms with E-state index in [-0.39, 0.29) is 12.4 Å². The molecule has 0 radical (unpaired) electrons. The average molecular weight is 280 g/mol. The van der Waals surface area contributed by atoms with Crippen molar-refractivity contribution in [1.82, 2.24) is 0 Å². The molecule has 0 fully saturated rings. The van der Waals surface area contributed by atoms with Crippen LogP contribution < -0.4 is 0 Å². The normalized spacial score (nSPS) is 10.7. The van der Waals surface area contributed by atoms with Crippen molar-refractivity contribution in [2.45, 2.75) is 40.5 Å². The van der Waals surface area contributed by atoms with E-state index in [1.54, 1.807) is 19.9 Å². The molecule has 0 aromatic rings. The summed E-state index contributed by atoms with van der Waals surface area (Å²) in [5.74, 6) is -0.776. The van der Waals surface area contributed by atoms with Gasteiger partial charge in [-0.25, -0.2) is 4.79 Å². The molecule has 4 nitrogen and oxygen atoms in total. The Hall–Kier alpha value is -1.84. The van der Waals surface area contributed by atoms with Gasteiger partial charge in [0.2, 0.25) is 0 Å². The molecule has 112 valence electrons. The number of esters is 2.